The monoisotopic (exact) mass is 225 g/mol. The normalized spacial score (nSPS) is 35.4. The van der Waals surface area contributed by atoms with Crippen LogP contribution in [0.3, 0.4) is 0 Å². The van der Waals surface area contributed by atoms with E-state index in [4.69, 9.17) is 5.73 Å². The summed E-state index contributed by atoms with van der Waals surface area (Å²) in [5.74, 6) is 0.924. The van der Waals surface area contributed by atoms with E-state index in [0.717, 1.165) is 5.92 Å². The van der Waals surface area contributed by atoms with Gasteiger partial charge in [0.1, 0.15) is 0 Å². The van der Waals surface area contributed by atoms with E-state index in [0.29, 0.717) is 12.1 Å². The molecule has 2 aliphatic heterocycles. The lowest BCUT2D eigenvalue weighted by atomic mass is 9.93. The number of hydrogen-bond acceptors (Lipinski definition) is 3. The summed E-state index contributed by atoms with van der Waals surface area (Å²) in [4.78, 5) is 5.12. The van der Waals surface area contributed by atoms with Crippen LogP contribution in [0, 0.1) is 5.92 Å². The Labute approximate surface area is 100.0 Å². The molecule has 3 heteroatoms. The molecule has 94 valence electrons. The van der Waals surface area contributed by atoms with Crippen molar-refractivity contribution in [1.29, 1.82) is 0 Å². The highest BCUT2D eigenvalue weighted by Gasteiger charge is 2.26. The van der Waals surface area contributed by atoms with Gasteiger partial charge >= 0.3 is 0 Å². The maximum absolute atomic E-state index is 6.01. The zero-order valence-electron chi connectivity index (χ0n) is 10.9. The summed E-state index contributed by atoms with van der Waals surface area (Å²) < 4.78 is 0. The third-order valence-corrected chi connectivity index (χ3v) is 4.39. The largest absolute Gasteiger partial charge is 0.328 e. The zero-order valence-corrected chi connectivity index (χ0v) is 10.9. The summed E-state index contributed by atoms with van der Waals surface area (Å²) in [7, 11) is 2.23. The van der Waals surface area contributed by atoms with Crippen LogP contribution in [0.5, 0.6) is 0 Å². The van der Waals surface area contributed by atoms with Crippen molar-refractivity contribution in [1.82, 2.24) is 9.80 Å². The SMILES string of the molecule is CC1CC(N)CCN1CC1CCN(C)CC1. The topological polar surface area (TPSA) is 32.5 Å². The Kier molecular flexibility index (Phi) is 4.22. The lowest BCUT2D eigenvalue weighted by Gasteiger charge is -2.40. The van der Waals surface area contributed by atoms with E-state index < -0.39 is 0 Å². The molecule has 2 aliphatic rings. The van der Waals surface area contributed by atoms with Gasteiger partial charge in [-0.15, -0.1) is 0 Å². The number of likely N-dealkylation sites (tertiary alicyclic amines) is 2. The number of rotatable bonds is 2. The number of nitrogens with two attached hydrogens (primary N) is 1. The van der Waals surface area contributed by atoms with Crippen molar-refractivity contribution in [2.75, 3.05) is 33.2 Å². The average molecular weight is 225 g/mol. The molecule has 0 aliphatic carbocycles. The Hall–Kier alpha value is -0.120. The Morgan fingerprint density at radius 3 is 2.44 bits per heavy atom. The van der Waals surface area contributed by atoms with Gasteiger partial charge in [0.05, 0.1) is 0 Å². The first-order chi connectivity index (χ1) is 7.65. The first kappa shape index (κ1) is 12.3. The van der Waals surface area contributed by atoms with E-state index in [1.54, 1.807) is 0 Å². The lowest BCUT2D eigenvalue weighted by molar-refractivity contribution is 0.101. The predicted octanol–water partition coefficient (Wildman–Crippen LogP) is 1.14. The van der Waals surface area contributed by atoms with Crippen LogP contribution in [0.15, 0.2) is 0 Å². The Morgan fingerprint density at radius 2 is 1.81 bits per heavy atom. The van der Waals surface area contributed by atoms with Crippen molar-refractivity contribution in [3.8, 4) is 0 Å². The summed E-state index contributed by atoms with van der Waals surface area (Å²) in [5, 5.41) is 0. The molecule has 2 saturated heterocycles. The van der Waals surface area contributed by atoms with E-state index in [-0.39, 0.29) is 0 Å². The van der Waals surface area contributed by atoms with Gasteiger partial charge in [-0.25, -0.2) is 0 Å². The van der Waals surface area contributed by atoms with Gasteiger partial charge in [-0.05, 0) is 65.2 Å². The molecule has 2 atom stereocenters. The smallest absolute Gasteiger partial charge is 0.00817 e. The van der Waals surface area contributed by atoms with Crippen LogP contribution in [0.2, 0.25) is 0 Å². The molecule has 2 rings (SSSR count). The van der Waals surface area contributed by atoms with Crippen LogP contribution in [0.25, 0.3) is 0 Å². The minimum atomic E-state index is 0.448. The molecule has 0 aromatic heterocycles. The van der Waals surface area contributed by atoms with Gasteiger partial charge in [0.2, 0.25) is 0 Å². The van der Waals surface area contributed by atoms with Crippen molar-refractivity contribution in [2.24, 2.45) is 11.7 Å². The highest BCUT2D eigenvalue weighted by atomic mass is 15.2. The Morgan fingerprint density at radius 1 is 1.12 bits per heavy atom. The third-order valence-electron chi connectivity index (χ3n) is 4.39. The van der Waals surface area contributed by atoms with E-state index in [2.05, 4.69) is 23.8 Å². The second-order valence-electron chi connectivity index (χ2n) is 5.88. The van der Waals surface area contributed by atoms with Crippen molar-refractivity contribution in [3.63, 3.8) is 0 Å². The quantitative estimate of drug-likeness (QED) is 0.765. The first-order valence-corrected chi connectivity index (χ1v) is 6.83. The average Bonchev–Trinajstić information content (AvgIpc) is 2.25. The minimum absolute atomic E-state index is 0.448. The van der Waals surface area contributed by atoms with Gasteiger partial charge in [0.15, 0.2) is 0 Å². The molecule has 0 amide bonds. The molecule has 16 heavy (non-hydrogen) atoms. The minimum Gasteiger partial charge on any atom is -0.328 e. The van der Waals surface area contributed by atoms with E-state index in [1.165, 1.54) is 51.9 Å². The number of piperidine rings is 2. The maximum atomic E-state index is 6.01. The van der Waals surface area contributed by atoms with E-state index in [9.17, 15) is 0 Å². The Bertz CT molecular complexity index is 211. The number of nitrogens with zero attached hydrogens (tertiary/aromatic N) is 2. The predicted molar refractivity (Wildman–Crippen MR) is 68.5 cm³/mol. The summed E-state index contributed by atoms with van der Waals surface area (Å²) >= 11 is 0. The lowest BCUT2D eigenvalue weighted by Crippen LogP contribution is -2.48. The molecular formula is C13H27N3. The zero-order chi connectivity index (χ0) is 11.5. The van der Waals surface area contributed by atoms with E-state index >= 15 is 0 Å². The second kappa shape index (κ2) is 5.48. The highest BCUT2D eigenvalue weighted by Crippen LogP contribution is 2.22. The molecule has 2 N–H and O–H groups in total. The first-order valence-electron chi connectivity index (χ1n) is 6.83. The van der Waals surface area contributed by atoms with Gasteiger partial charge < -0.3 is 15.5 Å². The van der Waals surface area contributed by atoms with Crippen LogP contribution >= 0.6 is 0 Å². The molecule has 2 fully saturated rings. The van der Waals surface area contributed by atoms with Crippen LogP contribution in [0.1, 0.15) is 32.6 Å². The molecule has 0 spiro atoms. The van der Waals surface area contributed by atoms with Crippen LogP contribution in [-0.4, -0.2) is 55.1 Å². The summed E-state index contributed by atoms with van der Waals surface area (Å²) in [5.41, 5.74) is 6.01. The molecule has 3 nitrogen and oxygen atoms in total. The van der Waals surface area contributed by atoms with Gasteiger partial charge in [-0.2, -0.15) is 0 Å². The summed E-state index contributed by atoms with van der Waals surface area (Å²) in [6, 6.07) is 1.15. The van der Waals surface area contributed by atoms with Crippen LogP contribution in [-0.2, 0) is 0 Å². The third kappa shape index (κ3) is 3.19. The molecule has 0 radical (unpaired) electrons. The fourth-order valence-corrected chi connectivity index (χ4v) is 3.10. The molecule has 2 heterocycles. The molecular weight excluding hydrogens is 198 g/mol. The van der Waals surface area contributed by atoms with Crippen LogP contribution in [0.4, 0.5) is 0 Å². The Balaban J connectivity index is 1.76. The van der Waals surface area contributed by atoms with Gasteiger partial charge in [-0.1, -0.05) is 0 Å². The maximum Gasteiger partial charge on any atom is 0.00817 e. The molecule has 0 saturated carbocycles. The van der Waals surface area contributed by atoms with Crippen molar-refractivity contribution in [3.05, 3.63) is 0 Å². The van der Waals surface area contributed by atoms with Crippen molar-refractivity contribution >= 4 is 0 Å². The fraction of sp³-hybridized carbons (Fsp3) is 1.00. The van der Waals surface area contributed by atoms with Crippen molar-refractivity contribution in [2.45, 2.75) is 44.7 Å². The molecule has 0 bridgehead atoms. The van der Waals surface area contributed by atoms with E-state index in [1.807, 2.05) is 0 Å². The molecule has 0 aromatic rings. The highest BCUT2D eigenvalue weighted by molar-refractivity contribution is 4.83. The van der Waals surface area contributed by atoms with Gasteiger partial charge in [0, 0.05) is 18.6 Å². The molecule has 2 unspecified atom stereocenters. The van der Waals surface area contributed by atoms with Gasteiger partial charge in [0.25, 0.3) is 0 Å². The second-order valence-corrected chi connectivity index (χ2v) is 5.88. The number of hydrogen-bond donors (Lipinski definition) is 1. The van der Waals surface area contributed by atoms with Gasteiger partial charge in [-0.3, -0.25) is 0 Å². The summed E-state index contributed by atoms with van der Waals surface area (Å²) in [6.07, 6.45) is 5.14. The standard InChI is InChI=1S/C13H27N3/c1-11-9-13(14)5-8-16(11)10-12-3-6-15(2)7-4-12/h11-13H,3-10,14H2,1-2H3. The summed E-state index contributed by atoms with van der Waals surface area (Å²) in [6.45, 7) is 7.43. The fourth-order valence-electron chi connectivity index (χ4n) is 3.10. The van der Waals surface area contributed by atoms with Crippen LogP contribution < -0.4 is 5.73 Å². The molecule has 0 aromatic carbocycles. The van der Waals surface area contributed by atoms with Crippen molar-refractivity contribution < 1.29 is 0 Å².